The molecule has 0 amide bonds. The molecule has 2 N–H and O–H groups in total. The molecule has 4 atom stereocenters. The second kappa shape index (κ2) is 9.12. The molecule has 5 heteroatoms. The van der Waals surface area contributed by atoms with Crippen LogP contribution in [0.25, 0.3) is 0 Å². The molecule has 0 aromatic heterocycles. The standard InChI is InChI=1S/C23H38N4O/c1-26(2)22-16-27(15-21(22)17-9-11-20(28-3)12-10-17)14-19-13-24-25-23(19)18-7-5-4-6-8-18/h9-12,18-19,21-25H,4-8,13-16H2,1-3H3/t19?,21-,22+,23?/m0/s1. The third kappa shape index (κ3) is 4.38. The van der Waals surface area contributed by atoms with Crippen LogP contribution < -0.4 is 15.6 Å². The fourth-order valence-electron chi connectivity index (χ4n) is 5.78. The molecule has 2 heterocycles. The lowest BCUT2D eigenvalue weighted by atomic mass is 9.79. The zero-order valence-electron chi connectivity index (χ0n) is 17.9. The van der Waals surface area contributed by atoms with Crippen LogP contribution in [0.4, 0.5) is 0 Å². The summed E-state index contributed by atoms with van der Waals surface area (Å²) in [6, 6.07) is 9.95. The summed E-state index contributed by atoms with van der Waals surface area (Å²) in [5.41, 5.74) is 8.56. The van der Waals surface area contributed by atoms with E-state index in [1.807, 2.05) is 0 Å². The average Bonchev–Trinajstić information content (AvgIpc) is 3.36. The first-order valence-corrected chi connectivity index (χ1v) is 11.2. The number of benzene rings is 1. The van der Waals surface area contributed by atoms with Crippen LogP contribution in [0.2, 0.25) is 0 Å². The molecule has 0 radical (unpaired) electrons. The Morgan fingerprint density at radius 3 is 2.50 bits per heavy atom. The minimum atomic E-state index is 0.566. The van der Waals surface area contributed by atoms with E-state index in [2.05, 4.69) is 59.0 Å². The average molecular weight is 387 g/mol. The highest BCUT2D eigenvalue weighted by Gasteiger charge is 2.39. The molecule has 1 aromatic carbocycles. The summed E-state index contributed by atoms with van der Waals surface area (Å²) in [6.45, 7) is 4.64. The topological polar surface area (TPSA) is 39.8 Å². The molecule has 1 saturated carbocycles. The maximum atomic E-state index is 5.35. The van der Waals surface area contributed by atoms with Crippen molar-refractivity contribution in [3.63, 3.8) is 0 Å². The molecule has 3 aliphatic rings. The number of hydrogen-bond acceptors (Lipinski definition) is 5. The number of likely N-dealkylation sites (N-methyl/N-ethyl adjacent to an activating group) is 1. The smallest absolute Gasteiger partial charge is 0.118 e. The van der Waals surface area contributed by atoms with E-state index in [0.29, 0.717) is 18.0 Å². The van der Waals surface area contributed by atoms with Crippen molar-refractivity contribution in [2.45, 2.75) is 50.1 Å². The molecular weight excluding hydrogens is 348 g/mol. The van der Waals surface area contributed by atoms with Gasteiger partial charge in [-0.25, -0.2) is 0 Å². The van der Waals surface area contributed by atoms with Gasteiger partial charge < -0.3 is 14.5 Å². The summed E-state index contributed by atoms with van der Waals surface area (Å²) in [7, 11) is 6.20. The quantitative estimate of drug-likeness (QED) is 0.787. The first-order chi connectivity index (χ1) is 13.7. The number of hydrazine groups is 1. The van der Waals surface area contributed by atoms with Gasteiger partial charge >= 0.3 is 0 Å². The summed E-state index contributed by atoms with van der Waals surface area (Å²) in [5.74, 6) is 3.09. The van der Waals surface area contributed by atoms with Crippen LogP contribution in [-0.4, -0.2) is 69.3 Å². The molecule has 3 fully saturated rings. The van der Waals surface area contributed by atoms with Gasteiger partial charge in [-0.15, -0.1) is 0 Å². The van der Waals surface area contributed by atoms with Crippen LogP contribution in [0.3, 0.4) is 0 Å². The van der Waals surface area contributed by atoms with Gasteiger partial charge in [0.2, 0.25) is 0 Å². The third-order valence-electron chi connectivity index (χ3n) is 7.36. The van der Waals surface area contributed by atoms with E-state index in [9.17, 15) is 0 Å². The van der Waals surface area contributed by atoms with Crippen molar-refractivity contribution in [3.05, 3.63) is 29.8 Å². The van der Waals surface area contributed by atoms with Crippen molar-refractivity contribution in [1.82, 2.24) is 20.7 Å². The maximum absolute atomic E-state index is 5.35. The first-order valence-electron chi connectivity index (χ1n) is 11.2. The lowest BCUT2D eigenvalue weighted by Gasteiger charge is -2.32. The highest BCUT2D eigenvalue weighted by atomic mass is 16.5. The minimum Gasteiger partial charge on any atom is -0.497 e. The molecule has 2 unspecified atom stereocenters. The third-order valence-corrected chi connectivity index (χ3v) is 7.36. The number of nitrogens with one attached hydrogen (secondary N) is 2. The normalized spacial score (nSPS) is 32.3. The van der Waals surface area contributed by atoms with E-state index < -0.39 is 0 Å². The fraction of sp³-hybridized carbons (Fsp3) is 0.739. The Morgan fingerprint density at radius 2 is 1.82 bits per heavy atom. The van der Waals surface area contributed by atoms with Crippen molar-refractivity contribution in [1.29, 1.82) is 0 Å². The molecule has 2 saturated heterocycles. The van der Waals surface area contributed by atoms with E-state index in [-0.39, 0.29) is 0 Å². The van der Waals surface area contributed by atoms with Gasteiger partial charge in [-0.3, -0.25) is 10.9 Å². The van der Waals surface area contributed by atoms with E-state index in [1.165, 1.54) is 44.2 Å². The molecule has 28 heavy (non-hydrogen) atoms. The van der Waals surface area contributed by atoms with Crippen molar-refractivity contribution >= 4 is 0 Å². The van der Waals surface area contributed by atoms with Crippen LogP contribution >= 0.6 is 0 Å². The van der Waals surface area contributed by atoms with E-state index in [4.69, 9.17) is 4.74 Å². The number of ether oxygens (including phenoxy) is 1. The van der Waals surface area contributed by atoms with Crippen LogP contribution in [0.5, 0.6) is 5.75 Å². The Kier molecular flexibility index (Phi) is 6.56. The summed E-state index contributed by atoms with van der Waals surface area (Å²) in [5, 5.41) is 0. The number of rotatable bonds is 6. The van der Waals surface area contributed by atoms with Crippen molar-refractivity contribution < 1.29 is 4.74 Å². The number of likely N-dealkylation sites (tertiary alicyclic amines) is 1. The monoisotopic (exact) mass is 386 g/mol. The van der Waals surface area contributed by atoms with Gasteiger partial charge in [-0.05, 0) is 50.6 Å². The zero-order valence-corrected chi connectivity index (χ0v) is 17.9. The highest BCUT2D eigenvalue weighted by molar-refractivity contribution is 5.31. The summed E-state index contributed by atoms with van der Waals surface area (Å²) >= 11 is 0. The van der Waals surface area contributed by atoms with E-state index in [0.717, 1.165) is 37.2 Å². The van der Waals surface area contributed by atoms with Crippen LogP contribution in [0, 0.1) is 11.8 Å². The zero-order chi connectivity index (χ0) is 19.5. The first kappa shape index (κ1) is 20.1. The van der Waals surface area contributed by atoms with Crippen LogP contribution in [0.15, 0.2) is 24.3 Å². The SMILES string of the molecule is COc1ccc([C@@H]2CN(CC3CNNC3C3CCCCC3)C[C@H]2N(C)C)cc1. The number of nitrogens with zero attached hydrogens (tertiary/aromatic N) is 2. The lowest BCUT2D eigenvalue weighted by Crippen LogP contribution is -2.42. The molecule has 0 spiro atoms. The molecule has 0 bridgehead atoms. The molecule has 156 valence electrons. The van der Waals surface area contributed by atoms with Crippen molar-refractivity contribution in [3.8, 4) is 5.75 Å². The second-order valence-corrected chi connectivity index (χ2v) is 9.34. The minimum absolute atomic E-state index is 0.566. The lowest BCUT2D eigenvalue weighted by molar-refractivity contribution is 0.195. The van der Waals surface area contributed by atoms with Gasteiger partial charge in [0.15, 0.2) is 0 Å². The van der Waals surface area contributed by atoms with Crippen molar-refractivity contribution in [2.24, 2.45) is 11.8 Å². The Morgan fingerprint density at radius 1 is 1.07 bits per heavy atom. The van der Waals surface area contributed by atoms with Crippen LogP contribution in [-0.2, 0) is 0 Å². The van der Waals surface area contributed by atoms with Gasteiger partial charge in [0.25, 0.3) is 0 Å². The van der Waals surface area contributed by atoms with Gasteiger partial charge in [-0.1, -0.05) is 31.4 Å². The summed E-state index contributed by atoms with van der Waals surface area (Å²) in [6.07, 6.45) is 7.08. The predicted octanol–water partition coefficient (Wildman–Crippen LogP) is 2.70. The number of hydrogen-bond donors (Lipinski definition) is 2. The summed E-state index contributed by atoms with van der Waals surface area (Å²) < 4.78 is 5.35. The Hall–Kier alpha value is -1.14. The molecule has 1 aromatic rings. The molecule has 4 rings (SSSR count). The highest BCUT2D eigenvalue weighted by Crippen LogP contribution is 2.34. The van der Waals surface area contributed by atoms with Gasteiger partial charge in [0.05, 0.1) is 7.11 Å². The van der Waals surface area contributed by atoms with E-state index in [1.54, 1.807) is 7.11 Å². The maximum Gasteiger partial charge on any atom is 0.118 e. The van der Waals surface area contributed by atoms with Gasteiger partial charge in [0, 0.05) is 50.1 Å². The largest absolute Gasteiger partial charge is 0.497 e. The van der Waals surface area contributed by atoms with E-state index >= 15 is 0 Å². The van der Waals surface area contributed by atoms with Gasteiger partial charge in [-0.2, -0.15) is 0 Å². The second-order valence-electron chi connectivity index (χ2n) is 9.34. The Balaban J connectivity index is 1.42. The number of methoxy groups -OCH3 is 1. The molecule has 5 nitrogen and oxygen atoms in total. The fourth-order valence-corrected chi connectivity index (χ4v) is 5.78. The Bertz CT molecular complexity index is 614. The van der Waals surface area contributed by atoms with Crippen LogP contribution in [0.1, 0.15) is 43.6 Å². The predicted molar refractivity (Wildman–Crippen MR) is 115 cm³/mol. The molecule has 1 aliphatic carbocycles. The van der Waals surface area contributed by atoms with Crippen molar-refractivity contribution in [2.75, 3.05) is 47.4 Å². The Labute approximate surface area is 170 Å². The summed E-state index contributed by atoms with van der Waals surface area (Å²) in [4.78, 5) is 5.13. The molecular formula is C23H38N4O. The molecule has 2 aliphatic heterocycles. The van der Waals surface area contributed by atoms with Gasteiger partial charge in [0.1, 0.15) is 5.75 Å².